The van der Waals surface area contributed by atoms with Gasteiger partial charge in [0.15, 0.2) is 0 Å². The minimum absolute atomic E-state index is 0.00523. The second-order valence-corrected chi connectivity index (χ2v) is 3.18. The molecule has 0 aromatic rings. The molecular weight excluding hydrogens is 154 g/mol. The highest BCUT2D eigenvalue weighted by Crippen LogP contribution is 2.00. The van der Waals surface area contributed by atoms with Crippen molar-refractivity contribution in [3.8, 4) is 0 Å². The summed E-state index contributed by atoms with van der Waals surface area (Å²) in [7, 11) is 1.57. The van der Waals surface area contributed by atoms with E-state index in [0.29, 0.717) is 0 Å². The first-order chi connectivity index (χ1) is 5.61. The van der Waals surface area contributed by atoms with Crippen LogP contribution in [-0.4, -0.2) is 25.2 Å². The predicted octanol–water partition coefficient (Wildman–Crippen LogP) is 1.33. The summed E-state index contributed by atoms with van der Waals surface area (Å²) in [6, 6.07) is 0.187. The molecule has 1 atom stereocenters. The number of hydrogen-bond acceptors (Lipinski definition) is 2. The van der Waals surface area contributed by atoms with Crippen LogP contribution in [0.3, 0.4) is 0 Å². The first-order valence-corrected chi connectivity index (χ1v) is 4.45. The summed E-state index contributed by atoms with van der Waals surface area (Å²) >= 11 is 0. The van der Waals surface area contributed by atoms with E-state index in [1.54, 1.807) is 7.11 Å². The maximum Gasteiger partial charge on any atom is 0.249 e. The van der Waals surface area contributed by atoms with Crippen LogP contribution >= 0.6 is 0 Å². The van der Waals surface area contributed by atoms with E-state index in [2.05, 4.69) is 5.32 Å². The maximum absolute atomic E-state index is 11.3. The number of ether oxygens (including phenoxy) is 1. The molecule has 3 heteroatoms. The SMILES string of the molecule is CCCC(OC)C(=O)NC(C)C. The topological polar surface area (TPSA) is 38.3 Å². The summed E-state index contributed by atoms with van der Waals surface area (Å²) in [5, 5.41) is 2.81. The molecule has 12 heavy (non-hydrogen) atoms. The Morgan fingerprint density at radius 1 is 1.50 bits per heavy atom. The molecule has 0 rings (SSSR count). The number of hydrogen-bond donors (Lipinski definition) is 1. The van der Waals surface area contributed by atoms with E-state index in [1.807, 2.05) is 20.8 Å². The summed E-state index contributed by atoms with van der Waals surface area (Å²) in [5.41, 5.74) is 0. The van der Waals surface area contributed by atoms with Gasteiger partial charge in [0.2, 0.25) is 5.91 Å². The third-order valence-corrected chi connectivity index (χ3v) is 1.56. The van der Waals surface area contributed by atoms with Crippen LogP contribution in [0.1, 0.15) is 33.6 Å². The summed E-state index contributed by atoms with van der Waals surface area (Å²) in [5.74, 6) is -0.00523. The van der Waals surface area contributed by atoms with Gasteiger partial charge in [-0.2, -0.15) is 0 Å². The average Bonchev–Trinajstić information content (AvgIpc) is 1.98. The van der Waals surface area contributed by atoms with Crippen molar-refractivity contribution in [3.63, 3.8) is 0 Å². The van der Waals surface area contributed by atoms with Gasteiger partial charge in [0.1, 0.15) is 6.10 Å². The minimum Gasteiger partial charge on any atom is -0.372 e. The molecule has 0 aliphatic carbocycles. The van der Waals surface area contributed by atoms with E-state index in [9.17, 15) is 4.79 Å². The monoisotopic (exact) mass is 173 g/mol. The predicted molar refractivity (Wildman–Crippen MR) is 49.0 cm³/mol. The summed E-state index contributed by atoms with van der Waals surface area (Å²) in [6.07, 6.45) is 1.47. The lowest BCUT2D eigenvalue weighted by Crippen LogP contribution is -2.39. The van der Waals surface area contributed by atoms with Gasteiger partial charge in [-0.05, 0) is 20.3 Å². The Balaban J connectivity index is 3.85. The summed E-state index contributed by atoms with van der Waals surface area (Å²) in [6.45, 7) is 5.92. The Kier molecular flexibility index (Phi) is 5.72. The van der Waals surface area contributed by atoms with Crippen LogP contribution in [0, 0.1) is 0 Å². The molecule has 1 unspecified atom stereocenters. The van der Waals surface area contributed by atoms with Crippen LogP contribution < -0.4 is 5.32 Å². The maximum atomic E-state index is 11.3. The van der Waals surface area contributed by atoms with Gasteiger partial charge in [-0.3, -0.25) is 4.79 Å². The van der Waals surface area contributed by atoms with E-state index in [-0.39, 0.29) is 18.1 Å². The van der Waals surface area contributed by atoms with Gasteiger partial charge in [0, 0.05) is 13.2 Å². The van der Waals surface area contributed by atoms with Gasteiger partial charge >= 0.3 is 0 Å². The molecule has 1 amide bonds. The zero-order valence-corrected chi connectivity index (χ0v) is 8.39. The molecule has 0 saturated heterocycles. The van der Waals surface area contributed by atoms with Crippen molar-refractivity contribution in [1.82, 2.24) is 5.32 Å². The Labute approximate surface area is 74.5 Å². The van der Waals surface area contributed by atoms with Crippen molar-refractivity contribution in [1.29, 1.82) is 0 Å². The molecule has 0 radical (unpaired) electrons. The molecule has 1 N–H and O–H groups in total. The number of amides is 1. The summed E-state index contributed by atoms with van der Waals surface area (Å²) in [4.78, 5) is 11.3. The van der Waals surface area contributed by atoms with Crippen LogP contribution in [0.5, 0.6) is 0 Å². The molecule has 72 valence electrons. The molecule has 0 bridgehead atoms. The van der Waals surface area contributed by atoms with Gasteiger partial charge < -0.3 is 10.1 Å². The van der Waals surface area contributed by atoms with Crippen molar-refractivity contribution in [2.75, 3.05) is 7.11 Å². The van der Waals surface area contributed by atoms with Gasteiger partial charge in [0.05, 0.1) is 0 Å². The number of nitrogens with one attached hydrogen (secondary N) is 1. The Bertz CT molecular complexity index is 134. The highest BCUT2D eigenvalue weighted by atomic mass is 16.5. The fourth-order valence-electron chi connectivity index (χ4n) is 0.996. The van der Waals surface area contributed by atoms with Crippen LogP contribution in [0.2, 0.25) is 0 Å². The third kappa shape index (κ3) is 4.34. The van der Waals surface area contributed by atoms with Crippen LogP contribution in [0.4, 0.5) is 0 Å². The Hall–Kier alpha value is -0.570. The molecule has 0 heterocycles. The van der Waals surface area contributed by atoms with Crippen molar-refractivity contribution in [2.24, 2.45) is 0 Å². The zero-order valence-electron chi connectivity index (χ0n) is 8.39. The first kappa shape index (κ1) is 11.4. The summed E-state index contributed by atoms with van der Waals surface area (Å²) < 4.78 is 5.04. The molecule has 0 aliphatic heterocycles. The van der Waals surface area contributed by atoms with Crippen LogP contribution in [0.25, 0.3) is 0 Å². The van der Waals surface area contributed by atoms with Crippen molar-refractivity contribution in [3.05, 3.63) is 0 Å². The molecule has 0 aromatic carbocycles. The number of carbonyl (C=O) groups excluding carboxylic acids is 1. The van der Waals surface area contributed by atoms with E-state index in [4.69, 9.17) is 4.74 Å². The second kappa shape index (κ2) is 6.00. The van der Waals surface area contributed by atoms with Crippen LogP contribution in [-0.2, 0) is 9.53 Å². The smallest absolute Gasteiger partial charge is 0.249 e. The minimum atomic E-state index is -0.280. The fraction of sp³-hybridized carbons (Fsp3) is 0.889. The molecule has 0 aromatic heterocycles. The zero-order chi connectivity index (χ0) is 9.56. The van der Waals surface area contributed by atoms with Crippen molar-refractivity contribution < 1.29 is 9.53 Å². The first-order valence-electron chi connectivity index (χ1n) is 4.45. The highest BCUT2D eigenvalue weighted by Gasteiger charge is 2.16. The number of methoxy groups -OCH3 is 1. The Morgan fingerprint density at radius 2 is 2.08 bits per heavy atom. The molecule has 0 aliphatic rings. The van der Waals surface area contributed by atoms with Crippen LogP contribution in [0.15, 0.2) is 0 Å². The molecule has 3 nitrogen and oxygen atoms in total. The number of carbonyl (C=O) groups is 1. The molecule has 0 fully saturated rings. The lowest BCUT2D eigenvalue weighted by atomic mass is 10.2. The quantitative estimate of drug-likeness (QED) is 0.681. The fourth-order valence-corrected chi connectivity index (χ4v) is 0.996. The van der Waals surface area contributed by atoms with E-state index in [0.717, 1.165) is 12.8 Å². The van der Waals surface area contributed by atoms with Gasteiger partial charge in [-0.25, -0.2) is 0 Å². The molecule has 0 spiro atoms. The van der Waals surface area contributed by atoms with Crippen molar-refractivity contribution in [2.45, 2.75) is 45.8 Å². The van der Waals surface area contributed by atoms with E-state index < -0.39 is 0 Å². The Morgan fingerprint density at radius 3 is 2.42 bits per heavy atom. The number of rotatable bonds is 5. The molecule has 0 saturated carbocycles. The molecular formula is C9H19NO2. The lowest BCUT2D eigenvalue weighted by Gasteiger charge is -2.16. The standard InChI is InChI=1S/C9H19NO2/c1-5-6-8(12-4)9(11)10-7(2)3/h7-8H,5-6H2,1-4H3,(H,10,11). The van der Waals surface area contributed by atoms with Gasteiger partial charge in [0.25, 0.3) is 0 Å². The second-order valence-electron chi connectivity index (χ2n) is 3.18. The average molecular weight is 173 g/mol. The van der Waals surface area contributed by atoms with E-state index >= 15 is 0 Å². The van der Waals surface area contributed by atoms with Gasteiger partial charge in [-0.1, -0.05) is 13.3 Å². The van der Waals surface area contributed by atoms with Gasteiger partial charge in [-0.15, -0.1) is 0 Å². The van der Waals surface area contributed by atoms with Crippen molar-refractivity contribution >= 4 is 5.91 Å². The lowest BCUT2D eigenvalue weighted by molar-refractivity contribution is -0.131. The van der Waals surface area contributed by atoms with E-state index in [1.165, 1.54) is 0 Å². The largest absolute Gasteiger partial charge is 0.372 e. The third-order valence-electron chi connectivity index (χ3n) is 1.56. The normalized spacial score (nSPS) is 13.1. The highest BCUT2D eigenvalue weighted by molar-refractivity contribution is 5.80.